The highest BCUT2D eigenvalue weighted by molar-refractivity contribution is 7.84. The minimum Gasteiger partial charge on any atom is -0.310 e. The summed E-state index contributed by atoms with van der Waals surface area (Å²) in [6.45, 7) is 3.43. The summed E-state index contributed by atoms with van der Waals surface area (Å²) < 4.78 is 14.8. The van der Waals surface area contributed by atoms with E-state index in [0.29, 0.717) is 5.75 Å². The molecule has 6 heteroatoms. The summed E-state index contributed by atoms with van der Waals surface area (Å²) in [4.78, 5) is 0. The zero-order valence-electron chi connectivity index (χ0n) is 7.52. The Morgan fingerprint density at radius 2 is 2.54 bits per heavy atom. The summed E-state index contributed by atoms with van der Waals surface area (Å²) >= 11 is 1.35. The Bertz CT molecular complexity index is 250. The van der Waals surface area contributed by atoms with Crippen molar-refractivity contribution in [1.82, 2.24) is 14.9 Å². The summed E-state index contributed by atoms with van der Waals surface area (Å²) in [6.07, 6.45) is 0. The van der Waals surface area contributed by atoms with Crippen LogP contribution < -0.4 is 5.32 Å². The fraction of sp³-hybridized carbons (Fsp3) is 0.714. The van der Waals surface area contributed by atoms with E-state index in [-0.39, 0.29) is 0 Å². The molecule has 0 saturated heterocycles. The Labute approximate surface area is 84.4 Å². The molecule has 1 N–H and O–H groups in total. The van der Waals surface area contributed by atoms with E-state index < -0.39 is 10.8 Å². The largest absolute Gasteiger partial charge is 0.310 e. The van der Waals surface area contributed by atoms with Gasteiger partial charge in [-0.3, -0.25) is 4.21 Å². The minimum absolute atomic E-state index is 0.671. The summed E-state index contributed by atoms with van der Waals surface area (Å²) in [6, 6.07) is 0. The quantitative estimate of drug-likeness (QED) is 0.704. The van der Waals surface area contributed by atoms with Crippen LogP contribution in [0.4, 0.5) is 0 Å². The van der Waals surface area contributed by atoms with Gasteiger partial charge in [-0.2, -0.15) is 0 Å². The lowest BCUT2D eigenvalue weighted by molar-refractivity contribution is 0.670. The van der Waals surface area contributed by atoms with Crippen LogP contribution in [-0.2, 0) is 17.3 Å². The highest BCUT2D eigenvalue weighted by Crippen LogP contribution is 1.95. The molecule has 1 unspecified atom stereocenters. The normalized spacial score (nSPS) is 13.0. The summed E-state index contributed by atoms with van der Waals surface area (Å²) in [5.41, 5.74) is 0.951. The second-order valence-corrected chi connectivity index (χ2v) is 4.98. The maximum Gasteiger partial charge on any atom is 0.0893 e. The lowest BCUT2D eigenvalue weighted by Crippen LogP contribution is -2.20. The summed E-state index contributed by atoms with van der Waals surface area (Å²) in [7, 11) is -0.671. The maximum absolute atomic E-state index is 11.0. The molecule has 0 fully saturated rings. The fourth-order valence-electron chi connectivity index (χ4n) is 0.808. The first kappa shape index (κ1) is 10.7. The SMILES string of the molecule is CCS(=O)CCNCc1csnn1. The molecule has 1 atom stereocenters. The van der Waals surface area contributed by atoms with Gasteiger partial charge >= 0.3 is 0 Å². The van der Waals surface area contributed by atoms with Crippen molar-refractivity contribution < 1.29 is 4.21 Å². The molecule has 0 aliphatic rings. The van der Waals surface area contributed by atoms with Crippen molar-refractivity contribution in [3.8, 4) is 0 Å². The Morgan fingerprint density at radius 1 is 1.69 bits per heavy atom. The molecule has 0 radical (unpaired) electrons. The molecule has 0 aromatic carbocycles. The fourth-order valence-corrected chi connectivity index (χ4v) is 1.92. The van der Waals surface area contributed by atoms with Gasteiger partial charge in [0.05, 0.1) is 5.69 Å². The standard InChI is InChI=1S/C7H13N3OS2/c1-2-13(11)4-3-8-5-7-6-12-10-9-7/h6,8H,2-5H2,1H3. The highest BCUT2D eigenvalue weighted by Gasteiger charge is 1.97. The maximum atomic E-state index is 11.0. The van der Waals surface area contributed by atoms with E-state index in [1.54, 1.807) is 0 Å². The smallest absolute Gasteiger partial charge is 0.0893 e. The van der Waals surface area contributed by atoms with Crippen molar-refractivity contribution >= 4 is 22.3 Å². The van der Waals surface area contributed by atoms with Crippen molar-refractivity contribution in [2.75, 3.05) is 18.1 Å². The Kier molecular flexibility index (Phi) is 5.10. The molecule has 74 valence electrons. The Morgan fingerprint density at radius 3 is 3.15 bits per heavy atom. The van der Waals surface area contributed by atoms with E-state index >= 15 is 0 Å². The van der Waals surface area contributed by atoms with Crippen LogP contribution in [0.2, 0.25) is 0 Å². The molecule has 0 spiro atoms. The third kappa shape index (κ3) is 4.44. The zero-order chi connectivity index (χ0) is 9.52. The van der Waals surface area contributed by atoms with Crippen molar-refractivity contribution in [3.63, 3.8) is 0 Å². The third-order valence-electron chi connectivity index (χ3n) is 1.54. The monoisotopic (exact) mass is 219 g/mol. The third-order valence-corrected chi connectivity index (χ3v) is 3.40. The van der Waals surface area contributed by atoms with E-state index in [4.69, 9.17) is 0 Å². The predicted molar refractivity (Wildman–Crippen MR) is 55.2 cm³/mol. The molecule has 1 rings (SSSR count). The molecule has 13 heavy (non-hydrogen) atoms. The number of hydrogen-bond acceptors (Lipinski definition) is 5. The molecule has 1 aromatic heterocycles. The lowest BCUT2D eigenvalue weighted by Gasteiger charge is -2.00. The van der Waals surface area contributed by atoms with E-state index in [1.807, 2.05) is 12.3 Å². The highest BCUT2D eigenvalue weighted by atomic mass is 32.2. The van der Waals surface area contributed by atoms with Crippen molar-refractivity contribution in [3.05, 3.63) is 11.1 Å². The number of rotatable bonds is 6. The molecular weight excluding hydrogens is 206 g/mol. The Balaban J connectivity index is 2.05. The van der Waals surface area contributed by atoms with Gasteiger partial charge < -0.3 is 5.32 Å². The van der Waals surface area contributed by atoms with Crippen LogP contribution in [-0.4, -0.2) is 31.8 Å². The van der Waals surface area contributed by atoms with Gasteiger partial charge in [0.2, 0.25) is 0 Å². The second-order valence-electron chi connectivity index (χ2n) is 2.51. The van der Waals surface area contributed by atoms with Gasteiger partial charge in [-0.25, -0.2) is 0 Å². The van der Waals surface area contributed by atoms with E-state index in [1.165, 1.54) is 11.5 Å². The number of nitrogens with one attached hydrogen (secondary N) is 1. The number of hydrogen-bond donors (Lipinski definition) is 1. The van der Waals surface area contributed by atoms with Gasteiger partial charge in [-0.05, 0) is 11.5 Å². The average Bonchev–Trinajstić information content (AvgIpc) is 2.64. The van der Waals surface area contributed by atoms with Gasteiger partial charge in [0.15, 0.2) is 0 Å². The van der Waals surface area contributed by atoms with Crippen LogP contribution in [0.25, 0.3) is 0 Å². The molecular formula is C7H13N3OS2. The van der Waals surface area contributed by atoms with Crippen LogP contribution in [0.5, 0.6) is 0 Å². The molecule has 0 bridgehead atoms. The van der Waals surface area contributed by atoms with Crippen LogP contribution in [0.3, 0.4) is 0 Å². The van der Waals surface area contributed by atoms with E-state index in [0.717, 1.165) is 24.5 Å². The average molecular weight is 219 g/mol. The van der Waals surface area contributed by atoms with Gasteiger partial charge in [-0.1, -0.05) is 11.4 Å². The van der Waals surface area contributed by atoms with Crippen LogP contribution in [0, 0.1) is 0 Å². The van der Waals surface area contributed by atoms with Gasteiger partial charge in [-0.15, -0.1) is 5.10 Å². The van der Waals surface area contributed by atoms with Gasteiger partial charge in [0.1, 0.15) is 0 Å². The molecule has 0 amide bonds. The first-order valence-corrected chi connectivity index (χ1v) is 6.47. The molecule has 4 nitrogen and oxygen atoms in total. The summed E-state index contributed by atoms with van der Waals surface area (Å²) in [5, 5.41) is 8.95. The van der Waals surface area contributed by atoms with E-state index in [2.05, 4.69) is 14.9 Å². The first-order valence-electron chi connectivity index (χ1n) is 4.14. The van der Waals surface area contributed by atoms with Gasteiger partial charge in [0, 0.05) is 40.8 Å². The van der Waals surface area contributed by atoms with Crippen molar-refractivity contribution in [2.45, 2.75) is 13.5 Å². The topological polar surface area (TPSA) is 54.9 Å². The van der Waals surface area contributed by atoms with Crippen molar-refractivity contribution in [1.29, 1.82) is 0 Å². The van der Waals surface area contributed by atoms with Gasteiger partial charge in [0.25, 0.3) is 0 Å². The minimum atomic E-state index is -0.671. The molecule has 0 aliphatic carbocycles. The lowest BCUT2D eigenvalue weighted by atomic mass is 10.5. The first-order chi connectivity index (χ1) is 6.33. The molecule has 0 saturated carbocycles. The second kappa shape index (κ2) is 6.17. The van der Waals surface area contributed by atoms with Crippen LogP contribution in [0.15, 0.2) is 5.38 Å². The zero-order valence-corrected chi connectivity index (χ0v) is 9.16. The van der Waals surface area contributed by atoms with E-state index in [9.17, 15) is 4.21 Å². The molecule has 1 heterocycles. The molecule has 1 aromatic rings. The van der Waals surface area contributed by atoms with Crippen LogP contribution >= 0.6 is 11.5 Å². The van der Waals surface area contributed by atoms with Crippen molar-refractivity contribution in [2.24, 2.45) is 0 Å². The van der Waals surface area contributed by atoms with Crippen LogP contribution in [0.1, 0.15) is 12.6 Å². The Hall–Kier alpha value is -0.330. The number of nitrogens with zero attached hydrogens (tertiary/aromatic N) is 2. The summed E-state index contributed by atoms with van der Waals surface area (Å²) in [5.74, 6) is 1.45. The molecule has 0 aliphatic heterocycles. The number of aromatic nitrogens is 2. The predicted octanol–water partition coefficient (Wildman–Crippen LogP) is 0.396.